The molecule has 0 aromatic rings. The van der Waals surface area contributed by atoms with Gasteiger partial charge in [-0.15, -0.1) is 0 Å². The minimum absolute atomic E-state index is 0.0139. The first-order valence-electron chi connectivity index (χ1n) is 11.5. The van der Waals surface area contributed by atoms with E-state index in [1.807, 2.05) is 13.0 Å². The van der Waals surface area contributed by atoms with Gasteiger partial charge in [0.25, 0.3) is 5.91 Å². The first-order chi connectivity index (χ1) is 15.4. The van der Waals surface area contributed by atoms with Crippen molar-refractivity contribution in [3.63, 3.8) is 0 Å². The van der Waals surface area contributed by atoms with Gasteiger partial charge in [-0.3, -0.25) is 9.59 Å². The summed E-state index contributed by atoms with van der Waals surface area (Å²) in [6, 6.07) is 0. The zero-order valence-corrected chi connectivity index (χ0v) is 20.6. The number of hydrogen-bond acceptors (Lipinski definition) is 6. The molecule has 0 aromatic heterocycles. The Labute approximate surface area is 198 Å². The Balaban J connectivity index is 1.53. The molecule has 3 unspecified atom stereocenters. The number of nitrogens with one attached hydrogen (secondary N) is 4. The maximum atomic E-state index is 12.6. The summed E-state index contributed by atoms with van der Waals surface area (Å²) >= 11 is 3.35. The van der Waals surface area contributed by atoms with Gasteiger partial charge in [0.1, 0.15) is 4.48 Å². The third-order valence-electron chi connectivity index (χ3n) is 7.23. The number of methoxy groups -OCH3 is 1. The summed E-state index contributed by atoms with van der Waals surface area (Å²) in [4.78, 5) is 24.9. The topological polar surface area (TPSA) is 129 Å². The second-order valence-corrected chi connectivity index (χ2v) is 10.1. The van der Waals surface area contributed by atoms with Crippen LogP contribution in [0.15, 0.2) is 21.8 Å². The van der Waals surface area contributed by atoms with Gasteiger partial charge in [-0.1, -0.05) is 13.0 Å². The molecule has 0 heterocycles. The Bertz CT molecular complexity index is 779. The van der Waals surface area contributed by atoms with E-state index in [-0.39, 0.29) is 28.6 Å². The fourth-order valence-corrected chi connectivity index (χ4v) is 6.38. The molecule has 3 atom stereocenters. The fourth-order valence-electron chi connectivity index (χ4n) is 6.03. The molecule has 8 nitrogen and oxygen atoms in total. The van der Waals surface area contributed by atoms with Crippen molar-refractivity contribution in [2.75, 3.05) is 26.7 Å². The van der Waals surface area contributed by atoms with E-state index in [1.165, 1.54) is 25.5 Å². The molecule has 4 aliphatic rings. The number of rotatable bonds is 12. The molecule has 32 heavy (non-hydrogen) atoms. The molecule has 0 spiro atoms. The molecule has 178 valence electrons. The van der Waals surface area contributed by atoms with Gasteiger partial charge in [-0.25, -0.2) is 0 Å². The van der Waals surface area contributed by atoms with Crippen LogP contribution in [-0.4, -0.2) is 56.4 Å². The zero-order valence-electron chi connectivity index (χ0n) is 19.0. The van der Waals surface area contributed by atoms with Gasteiger partial charge in [-0.2, -0.15) is 0 Å². The minimum Gasteiger partial charge on any atom is -0.377 e. The van der Waals surface area contributed by atoms with Crippen molar-refractivity contribution in [2.24, 2.45) is 23.5 Å². The average molecular weight is 510 g/mol. The van der Waals surface area contributed by atoms with Crippen LogP contribution in [0.25, 0.3) is 0 Å². The van der Waals surface area contributed by atoms with Gasteiger partial charge in [0, 0.05) is 32.0 Å². The van der Waals surface area contributed by atoms with Crippen LogP contribution in [0, 0.1) is 23.2 Å². The predicted molar refractivity (Wildman–Crippen MR) is 128 cm³/mol. The molecule has 4 saturated carbocycles. The van der Waals surface area contributed by atoms with E-state index in [9.17, 15) is 9.59 Å². The number of carbonyl (C=O) groups excluding carboxylic acids is 2. The minimum atomic E-state index is -0.415. The Hall–Kier alpha value is -1.71. The van der Waals surface area contributed by atoms with E-state index < -0.39 is 5.91 Å². The summed E-state index contributed by atoms with van der Waals surface area (Å²) in [6.07, 6.45) is 9.81. The molecule has 0 radical (unpaired) electrons. The van der Waals surface area contributed by atoms with E-state index in [0.29, 0.717) is 24.7 Å². The maximum Gasteiger partial charge on any atom is 0.260 e. The van der Waals surface area contributed by atoms with Crippen LogP contribution in [0.1, 0.15) is 45.4 Å². The summed E-state index contributed by atoms with van der Waals surface area (Å²) in [5.41, 5.74) is 7.13. The number of hydrogen-bond donors (Lipinski definition) is 5. The monoisotopic (exact) mass is 509 g/mol. The second-order valence-electron chi connectivity index (χ2n) is 9.30. The van der Waals surface area contributed by atoms with Gasteiger partial charge < -0.3 is 31.8 Å². The quantitative estimate of drug-likeness (QED) is 0.156. The van der Waals surface area contributed by atoms with E-state index in [4.69, 9.17) is 15.9 Å². The molecule has 2 amide bonds. The lowest BCUT2D eigenvalue weighted by Gasteiger charge is -2.35. The van der Waals surface area contributed by atoms with Crippen molar-refractivity contribution in [1.82, 2.24) is 16.0 Å². The lowest BCUT2D eigenvalue weighted by atomic mass is 9.80. The van der Waals surface area contributed by atoms with Crippen LogP contribution in [0.5, 0.6) is 0 Å². The lowest BCUT2D eigenvalue weighted by molar-refractivity contribution is -0.124. The number of amides is 2. The van der Waals surface area contributed by atoms with Gasteiger partial charge >= 0.3 is 0 Å². The predicted octanol–water partition coefficient (Wildman–Crippen LogP) is 1.95. The highest BCUT2D eigenvalue weighted by molar-refractivity contribution is 9.12. The highest BCUT2D eigenvalue weighted by Gasteiger charge is 2.57. The van der Waals surface area contributed by atoms with Crippen molar-refractivity contribution in [1.29, 1.82) is 5.41 Å². The maximum absolute atomic E-state index is 12.6. The first-order valence-corrected chi connectivity index (χ1v) is 12.3. The van der Waals surface area contributed by atoms with Crippen molar-refractivity contribution < 1.29 is 14.3 Å². The zero-order chi connectivity index (χ0) is 23.3. The number of halogens is 1. The lowest BCUT2D eigenvalue weighted by Crippen LogP contribution is -2.47. The van der Waals surface area contributed by atoms with E-state index in [2.05, 4.69) is 31.9 Å². The molecule has 4 rings (SSSR count). The van der Waals surface area contributed by atoms with E-state index >= 15 is 0 Å². The Morgan fingerprint density at radius 1 is 1.22 bits per heavy atom. The molecule has 4 aliphatic carbocycles. The van der Waals surface area contributed by atoms with Crippen LogP contribution < -0.4 is 21.7 Å². The molecule has 4 bridgehead atoms. The van der Waals surface area contributed by atoms with E-state index in [0.717, 1.165) is 36.7 Å². The summed E-state index contributed by atoms with van der Waals surface area (Å²) in [6.45, 7) is 2.49. The number of carbonyl (C=O) groups is 2. The molecule has 0 aromatic carbocycles. The van der Waals surface area contributed by atoms with Crippen molar-refractivity contribution in [2.45, 2.75) is 57.1 Å². The summed E-state index contributed by atoms with van der Waals surface area (Å²) in [5.74, 6) is 1.45. The first kappa shape index (κ1) is 24.9. The van der Waals surface area contributed by atoms with E-state index in [1.54, 1.807) is 7.11 Å². The van der Waals surface area contributed by atoms with Crippen LogP contribution in [0.4, 0.5) is 0 Å². The van der Waals surface area contributed by atoms with Crippen molar-refractivity contribution >= 4 is 34.0 Å². The van der Waals surface area contributed by atoms with Gasteiger partial charge in [0.2, 0.25) is 5.91 Å². The summed E-state index contributed by atoms with van der Waals surface area (Å²) in [7, 11) is 1.59. The third kappa shape index (κ3) is 5.43. The normalized spacial score (nSPS) is 30.0. The highest BCUT2D eigenvalue weighted by atomic mass is 79.9. The van der Waals surface area contributed by atoms with Gasteiger partial charge in [-0.05, 0) is 77.8 Å². The Morgan fingerprint density at radius 3 is 2.47 bits per heavy atom. The number of allylic oxidation sites excluding steroid dienone is 2. The van der Waals surface area contributed by atoms with Crippen LogP contribution in [0.2, 0.25) is 0 Å². The van der Waals surface area contributed by atoms with Crippen LogP contribution in [0.3, 0.4) is 0 Å². The molecule has 4 fully saturated rings. The van der Waals surface area contributed by atoms with Crippen molar-refractivity contribution in [3.8, 4) is 0 Å². The molecule has 0 aliphatic heterocycles. The standard InChI is InChI=1S/C23H36BrN5O3/c1-3-4-16(19(11-26)32-2)12-27-20(30)13-28-22(31)21(24)18(10-25)29-23-8-14-5-15(9-23)7-17(23)6-14/h4,10,14-15,17,19,25,29H,3,5-9,11-13,26H2,1-2H3,(H,27,30)(H,28,31)/b16-4-,21-18-,25-10?. The van der Waals surface area contributed by atoms with Gasteiger partial charge in [0.05, 0.1) is 18.3 Å². The van der Waals surface area contributed by atoms with Crippen molar-refractivity contribution in [3.05, 3.63) is 21.8 Å². The highest BCUT2D eigenvalue weighted by Crippen LogP contribution is 2.60. The summed E-state index contributed by atoms with van der Waals surface area (Å²) < 4.78 is 5.61. The van der Waals surface area contributed by atoms with Crippen LogP contribution >= 0.6 is 15.9 Å². The SMILES string of the molecule is CC/C=C(/CNC(=O)CNC(=O)/C(Br)=C(\C=N)NC12CC3CC(CC1C3)C2)C(CN)OC. The summed E-state index contributed by atoms with van der Waals surface area (Å²) in [5, 5.41) is 16.8. The number of ether oxygens (including phenoxy) is 1. The fraction of sp³-hybridized carbons (Fsp3) is 0.696. The average Bonchev–Trinajstić information content (AvgIpc) is 3.17. The molecule has 0 saturated heterocycles. The smallest absolute Gasteiger partial charge is 0.260 e. The second kappa shape index (κ2) is 10.9. The third-order valence-corrected chi connectivity index (χ3v) is 8.02. The Morgan fingerprint density at radius 2 is 1.91 bits per heavy atom. The molecule has 9 heteroatoms. The molecule has 6 N–H and O–H groups in total. The molecular formula is C23H36BrN5O3. The van der Waals surface area contributed by atoms with Crippen LogP contribution in [-0.2, 0) is 14.3 Å². The van der Waals surface area contributed by atoms with Gasteiger partial charge in [0.15, 0.2) is 0 Å². The largest absolute Gasteiger partial charge is 0.377 e. The number of nitrogens with two attached hydrogens (primary N) is 1. The molecular weight excluding hydrogens is 474 g/mol. The Kier molecular flexibility index (Phi) is 8.52.